The van der Waals surface area contributed by atoms with Gasteiger partial charge in [0, 0.05) is 33.9 Å². The third-order valence-corrected chi connectivity index (χ3v) is 6.57. The fraction of sp³-hybridized carbons (Fsp3) is 0.0333. The Morgan fingerprint density at radius 1 is 0.529 bits per heavy atom. The summed E-state index contributed by atoms with van der Waals surface area (Å²) in [7, 11) is 0. The highest BCUT2D eigenvalue weighted by Crippen LogP contribution is 2.36. The number of nitrogens with zero attached hydrogens (tertiary/aromatic N) is 4. The fourth-order valence-electron chi connectivity index (χ4n) is 5.01. The first kappa shape index (κ1) is 18.9. The highest BCUT2D eigenvalue weighted by molar-refractivity contribution is 5.97. The van der Waals surface area contributed by atoms with E-state index in [1.165, 1.54) is 11.1 Å². The molecule has 3 aromatic heterocycles. The average Bonchev–Trinajstić information content (AvgIpc) is 3.41. The van der Waals surface area contributed by atoms with Crippen LogP contribution < -0.4 is 0 Å². The maximum Gasteiger partial charge on any atom is 0.103 e. The van der Waals surface area contributed by atoms with Gasteiger partial charge in [0.25, 0.3) is 0 Å². The van der Waals surface area contributed by atoms with Gasteiger partial charge in [-0.15, -0.1) is 0 Å². The quantitative estimate of drug-likeness (QED) is 0.282. The van der Waals surface area contributed by atoms with E-state index in [4.69, 9.17) is 9.97 Å². The van der Waals surface area contributed by atoms with Crippen LogP contribution in [0, 0.1) is 0 Å². The molecule has 4 aromatic carbocycles. The number of hydrogen-bond donors (Lipinski definition) is 0. The molecule has 0 amide bonds. The van der Waals surface area contributed by atoms with Gasteiger partial charge in [-0.3, -0.25) is 4.68 Å². The van der Waals surface area contributed by atoms with Gasteiger partial charge < -0.3 is 0 Å². The molecule has 0 bridgehead atoms. The van der Waals surface area contributed by atoms with E-state index in [1.54, 1.807) is 0 Å². The van der Waals surface area contributed by atoms with E-state index in [2.05, 4.69) is 90.0 Å². The molecule has 0 aliphatic carbocycles. The number of benzene rings is 4. The molecule has 3 heterocycles. The lowest BCUT2D eigenvalue weighted by Crippen LogP contribution is -2.14. The van der Waals surface area contributed by atoms with E-state index >= 15 is 0 Å². The van der Waals surface area contributed by atoms with E-state index in [1.807, 2.05) is 35.3 Å². The van der Waals surface area contributed by atoms with E-state index in [9.17, 15) is 0 Å². The molecule has 4 nitrogen and oxygen atoms in total. The number of hydrogen-bond acceptors (Lipinski definition) is 3. The molecule has 0 aliphatic rings. The van der Waals surface area contributed by atoms with Crippen molar-refractivity contribution in [3.05, 3.63) is 127 Å². The smallest absolute Gasteiger partial charge is 0.103 e. The van der Waals surface area contributed by atoms with Crippen LogP contribution in [0.5, 0.6) is 0 Å². The van der Waals surface area contributed by atoms with Gasteiger partial charge in [-0.25, -0.2) is 9.97 Å². The Morgan fingerprint density at radius 3 is 1.59 bits per heavy atom. The number of para-hydroxylation sites is 2. The minimum Gasteiger partial charge on any atom is -0.261 e. The van der Waals surface area contributed by atoms with Crippen LogP contribution in [0.25, 0.3) is 43.6 Å². The second kappa shape index (κ2) is 7.49. The summed E-state index contributed by atoms with van der Waals surface area (Å²) >= 11 is 0. The van der Waals surface area contributed by atoms with Gasteiger partial charge >= 0.3 is 0 Å². The number of fused-ring (bicyclic) bond motifs is 4. The average molecular weight is 437 g/mol. The van der Waals surface area contributed by atoms with Crippen molar-refractivity contribution in [1.29, 1.82) is 0 Å². The number of pyridine rings is 2. The van der Waals surface area contributed by atoms with E-state index < -0.39 is 0 Å². The van der Waals surface area contributed by atoms with Crippen molar-refractivity contribution in [2.45, 2.75) is 6.04 Å². The molecule has 0 N–H and O–H groups in total. The predicted molar refractivity (Wildman–Crippen MR) is 138 cm³/mol. The molecular formula is C30H20N4. The van der Waals surface area contributed by atoms with Gasteiger partial charge in [0.05, 0.1) is 22.1 Å². The van der Waals surface area contributed by atoms with Crippen LogP contribution in [0.1, 0.15) is 17.2 Å². The first-order chi connectivity index (χ1) is 16.8. The minimum atomic E-state index is -0.117. The minimum absolute atomic E-state index is 0.117. The predicted octanol–water partition coefficient (Wildman–Crippen LogP) is 6.92. The van der Waals surface area contributed by atoms with Crippen molar-refractivity contribution in [3.63, 3.8) is 0 Å². The van der Waals surface area contributed by atoms with Crippen molar-refractivity contribution >= 4 is 43.6 Å². The topological polar surface area (TPSA) is 43.6 Å². The maximum atomic E-state index is 4.96. The Hall–Kier alpha value is -4.57. The Bertz CT molecular complexity index is 1700. The van der Waals surface area contributed by atoms with Crippen LogP contribution in [0.2, 0.25) is 0 Å². The SMILES string of the molecule is c1ccc2nc3cccc(C(c4cccc5nc6ccccc6cc45)n4cccn4)c3cc2c1. The second-order valence-electron chi connectivity index (χ2n) is 8.58. The molecule has 0 aliphatic heterocycles. The van der Waals surface area contributed by atoms with Crippen molar-refractivity contribution in [1.82, 2.24) is 19.7 Å². The van der Waals surface area contributed by atoms with Crippen LogP contribution in [0.15, 0.2) is 116 Å². The monoisotopic (exact) mass is 436 g/mol. The third kappa shape index (κ3) is 2.96. The zero-order chi connectivity index (χ0) is 22.5. The Morgan fingerprint density at radius 2 is 1.06 bits per heavy atom. The molecule has 0 saturated carbocycles. The first-order valence-corrected chi connectivity index (χ1v) is 11.4. The number of aromatic nitrogens is 4. The molecule has 160 valence electrons. The molecule has 0 unspecified atom stereocenters. The highest BCUT2D eigenvalue weighted by Gasteiger charge is 2.22. The summed E-state index contributed by atoms with van der Waals surface area (Å²) in [5.41, 5.74) is 6.31. The maximum absolute atomic E-state index is 4.96. The fourth-order valence-corrected chi connectivity index (χ4v) is 5.01. The number of rotatable bonds is 3. The van der Waals surface area contributed by atoms with Crippen LogP contribution >= 0.6 is 0 Å². The van der Waals surface area contributed by atoms with Crippen LogP contribution in [0.4, 0.5) is 0 Å². The van der Waals surface area contributed by atoms with Crippen LogP contribution in [-0.2, 0) is 0 Å². The lowest BCUT2D eigenvalue weighted by Gasteiger charge is -2.22. The molecular weight excluding hydrogens is 416 g/mol. The summed E-state index contributed by atoms with van der Waals surface area (Å²) in [6.45, 7) is 0. The molecule has 4 heteroatoms. The molecule has 0 atom stereocenters. The zero-order valence-electron chi connectivity index (χ0n) is 18.3. The standard InChI is InChI=1S/C30H20N4/c1-3-12-26-20(8-1)18-24-22(10-5-14-28(24)32-26)30(34-17-7-16-31-34)23-11-6-15-29-25(23)19-21-9-2-4-13-27(21)33-29/h1-19,30H. The summed E-state index contributed by atoms with van der Waals surface area (Å²) in [5, 5.41) is 9.21. The van der Waals surface area contributed by atoms with E-state index in [-0.39, 0.29) is 6.04 Å². The largest absolute Gasteiger partial charge is 0.261 e. The van der Waals surface area contributed by atoms with Gasteiger partial charge in [-0.1, -0.05) is 60.7 Å². The van der Waals surface area contributed by atoms with E-state index in [0.717, 1.165) is 43.6 Å². The van der Waals surface area contributed by atoms with Crippen LogP contribution in [0.3, 0.4) is 0 Å². The van der Waals surface area contributed by atoms with Crippen molar-refractivity contribution in [3.8, 4) is 0 Å². The van der Waals surface area contributed by atoms with E-state index in [0.29, 0.717) is 0 Å². The Kier molecular flexibility index (Phi) is 4.18. The summed E-state index contributed by atoms with van der Waals surface area (Å²) in [6.07, 6.45) is 3.87. The Balaban J connectivity index is 1.56. The van der Waals surface area contributed by atoms with Gasteiger partial charge in [0.2, 0.25) is 0 Å². The van der Waals surface area contributed by atoms with Gasteiger partial charge in [0.15, 0.2) is 0 Å². The summed E-state index contributed by atoms with van der Waals surface area (Å²) < 4.78 is 2.04. The lowest BCUT2D eigenvalue weighted by atomic mass is 9.91. The molecule has 7 rings (SSSR count). The lowest BCUT2D eigenvalue weighted by molar-refractivity contribution is 0.602. The first-order valence-electron chi connectivity index (χ1n) is 11.4. The molecule has 0 fully saturated rings. The zero-order valence-corrected chi connectivity index (χ0v) is 18.3. The highest BCUT2D eigenvalue weighted by atomic mass is 15.3. The summed E-state index contributed by atoms with van der Waals surface area (Å²) in [4.78, 5) is 9.91. The normalized spacial score (nSPS) is 11.8. The molecule has 0 radical (unpaired) electrons. The van der Waals surface area contributed by atoms with Gasteiger partial charge in [-0.05, 0) is 53.6 Å². The summed E-state index contributed by atoms with van der Waals surface area (Å²) in [5.74, 6) is 0. The van der Waals surface area contributed by atoms with Gasteiger partial charge in [-0.2, -0.15) is 5.10 Å². The molecule has 0 saturated heterocycles. The van der Waals surface area contributed by atoms with Crippen molar-refractivity contribution < 1.29 is 0 Å². The third-order valence-electron chi connectivity index (χ3n) is 6.57. The summed E-state index contributed by atoms with van der Waals surface area (Å²) in [6, 6.07) is 35.7. The second-order valence-corrected chi connectivity index (χ2v) is 8.58. The van der Waals surface area contributed by atoms with Crippen molar-refractivity contribution in [2.24, 2.45) is 0 Å². The Labute approximate surface area is 196 Å². The van der Waals surface area contributed by atoms with Crippen molar-refractivity contribution in [2.75, 3.05) is 0 Å². The molecule has 34 heavy (non-hydrogen) atoms. The molecule has 0 spiro atoms. The molecule has 7 aromatic rings. The van der Waals surface area contributed by atoms with Crippen LogP contribution in [-0.4, -0.2) is 19.7 Å². The van der Waals surface area contributed by atoms with Gasteiger partial charge in [0.1, 0.15) is 6.04 Å².